The van der Waals surface area contributed by atoms with Crippen LogP contribution in [0.3, 0.4) is 0 Å². The molecule has 0 bridgehead atoms. The van der Waals surface area contributed by atoms with E-state index >= 15 is 0 Å². The molecule has 0 unspecified atom stereocenters. The lowest BCUT2D eigenvalue weighted by molar-refractivity contribution is 0.0916. The van der Waals surface area contributed by atoms with Gasteiger partial charge in [-0.2, -0.15) is 12.8 Å². The van der Waals surface area contributed by atoms with E-state index in [1.165, 1.54) is 24.3 Å². The zero-order chi connectivity index (χ0) is 24.6. The molecule has 0 amide bonds. The summed E-state index contributed by atoms with van der Waals surface area (Å²) in [4.78, 5) is 31.2. The molecule has 0 N–H and O–H groups in total. The van der Waals surface area contributed by atoms with Gasteiger partial charge in [0.1, 0.15) is 0 Å². The molecule has 0 aromatic heterocycles. The normalized spacial score (nSPS) is 17.2. The zero-order valence-corrected chi connectivity index (χ0v) is 19.3. The van der Waals surface area contributed by atoms with E-state index in [-0.39, 0.29) is 33.4 Å². The lowest BCUT2D eigenvalue weighted by Gasteiger charge is -2.16. The molecule has 5 rings (SSSR count). The molecule has 0 aliphatic heterocycles. The molecule has 0 saturated heterocycles. The van der Waals surface area contributed by atoms with Crippen molar-refractivity contribution >= 4 is 39.1 Å². The van der Waals surface area contributed by atoms with Crippen LogP contribution in [-0.4, -0.2) is 31.4 Å². The minimum atomic E-state index is -4.06. The number of nitrogens with zero attached hydrogens (tertiary/aromatic N) is 2. The summed E-state index contributed by atoms with van der Waals surface area (Å²) in [5.41, 5.74) is 2.77. The summed E-state index contributed by atoms with van der Waals surface area (Å²) in [7, 11) is -4.06. The summed E-state index contributed by atoms with van der Waals surface area (Å²) < 4.78 is 29.9. The van der Waals surface area contributed by atoms with Crippen molar-refractivity contribution in [3.8, 4) is 0 Å². The van der Waals surface area contributed by atoms with Crippen molar-refractivity contribution in [2.75, 3.05) is 0 Å². The first kappa shape index (κ1) is 22.4. The highest BCUT2D eigenvalue weighted by Crippen LogP contribution is 2.25. The Hall–Kier alpha value is -4.43. The van der Waals surface area contributed by atoms with Crippen molar-refractivity contribution in [1.29, 1.82) is 0 Å². The van der Waals surface area contributed by atoms with Crippen molar-refractivity contribution in [2.45, 2.75) is 11.8 Å². The smallest absolute Gasteiger partial charge is 0.282 e. The third-order valence-electron chi connectivity index (χ3n) is 5.58. The monoisotopic (exact) mass is 482 g/mol. The molecule has 172 valence electrons. The van der Waals surface area contributed by atoms with E-state index in [4.69, 9.17) is 4.84 Å². The third-order valence-corrected chi connectivity index (χ3v) is 6.88. The lowest BCUT2D eigenvalue weighted by Crippen LogP contribution is -2.21. The molecular weight excluding hydrogens is 464 g/mol. The minimum absolute atomic E-state index is 0.0158. The fourth-order valence-corrected chi connectivity index (χ4v) is 4.74. The number of rotatable bonds is 4. The van der Waals surface area contributed by atoms with Gasteiger partial charge in [-0.1, -0.05) is 77.5 Å². The standard InChI is InChI=1S/C27H18N2O5S/c1-17-10-13-19(14-11-17)35(32,33)29-24-16-25(27(31)22-9-5-4-8-21(22)24)34-28-23-15-12-18-6-2-3-7-20(18)26(23)30/h2-16H,1H3. The Kier molecular flexibility index (Phi) is 5.58. The summed E-state index contributed by atoms with van der Waals surface area (Å²) in [6, 6.07) is 19.9. The van der Waals surface area contributed by atoms with Crippen molar-refractivity contribution in [2.24, 2.45) is 9.55 Å². The maximum atomic E-state index is 13.0. The van der Waals surface area contributed by atoms with E-state index in [9.17, 15) is 18.0 Å². The highest BCUT2D eigenvalue weighted by Gasteiger charge is 2.28. The van der Waals surface area contributed by atoms with Gasteiger partial charge in [-0.05, 0) is 30.7 Å². The summed E-state index contributed by atoms with van der Waals surface area (Å²) >= 11 is 0. The van der Waals surface area contributed by atoms with Crippen molar-refractivity contribution in [3.63, 3.8) is 0 Å². The second-order valence-corrected chi connectivity index (χ2v) is 9.57. The van der Waals surface area contributed by atoms with Gasteiger partial charge in [0.2, 0.25) is 17.3 Å². The first-order valence-corrected chi connectivity index (χ1v) is 12.1. The van der Waals surface area contributed by atoms with E-state index in [1.807, 2.05) is 19.1 Å². The van der Waals surface area contributed by atoms with Gasteiger partial charge >= 0.3 is 0 Å². The molecule has 0 spiro atoms. The first-order chi connectivity index (χ1) is 16.8. The fraction of sp³-hybridized carbons (Fsp3) is 0.0370. The summed E-state index contributed by atoms with van der Waals surface area (Å²) in [6.07, 6.45) is 4.46. The number of aryl methyl sites for hydroxylation is 1. The molecule has 7 nitrogen and oxygen atoms in total. The van der Waals surface area contributed by atoms with E-state index in [0.717, 1.165) is 11.1 Å². The number of hydrogen-bond acceptors (Lipinski definition) is 6. The zero-order valence-electron chi connectivity index (χ0n) is 18.5. The van der Waals surface area contributed by atoms with Crippen LogP contribution in [0.2, 0.25) is 0 Å². The average molecular weight is 483 g/mol. The van der Waals surface area contributed by atoms with Crippen LogP contribution < -0.4 is 0 Å². The number of hydrogen-bond donors (Lipinski definition) is 0. The van der Waals surface area contributed by atoms with Crippen molar-refractivity contribution in [3.05, 3.63) is 119 Å². The highest BCUT2D eigenvalue weighted by atomic mass is 32.2. The van der Waals surface area contributed by atoms with Crippen LogP contribution in [0.5, 0.6) is 0 Å². The number of carbonyl (C=O) groups excluding carboxylic acids is 2. The molecule has 0 fully saturated rings. The number of allylic oxidation sites excluding steroid dienone is 3. The molecule has 3 aromatic carbocycles. The number of carbonyl (C=O) groups is 2. The van der Waals surface area contributed by atoms with Crippen LogP contribution in [0.4, 0.5) is 0 Å². The topological polar surface area (TPSA) is 102 Å². The molecule has 2 aliphatic carbocycles. The molecule has 8 heteroatoms. The van der Waals surface area contributed by atoms with Gasteiger partial charge in [0.05, 0.1) is 10.6 Å². The predicted octanol–water partition coefficient (Wildman–Crippen LogP) is 4.54. The lowest BCUT2D eigenvalue weighted by atomic mass is 9.93. The van der Waals surface area contributed by atoms with Gasteiger partial charge in [0.25, 0.3) is 10.0 Å². The van der Waals surface area contributed by atoms with Crippen LogP contribution in [0.1, 0.15) is 37.4 Å². The maximum Gasteiger partial charge on any atom is 0.282 e. The van der Waals surface area contributed by atoms with Gasteiger partial charge < -0.3 is 4.84 Å². The van der Waals surface area contributed by atoms with Crippen LogP contribution in [0, 0.1) is 6.92 Å². The molecular formula is C27H18N2O5S. The average Bonchev–Trinajstić information content (AvgIpc) is 2.86. The van der Waals surface area contributed by atoms with Crippen molar-refractivity contribution in [1.82, 2.24) is 0 Å². The van der Waals surface area contributed by atoms with Gasteiger partial charge in [0, 0.05) is 22.8 Å². The second-order valence-electron chi connectivity index (χ2n) is 7.97. The molecule has 3 aromatic rings. The Bertz CT molecular complexity index is 1610. The largest absolute Gasteiger partial charge is 0.352 e. The Balaban J connectivity index is 1.53. The first-order valence-electron chi connectivity index (χ1n) is 10.7. The van der Waals surface area contributed by atoms with Crippen LogP contribution in [0.15, 0.2) is 105 Å². The second kappa shape index (κ2) is 8.73. The quantitative estimate of drug-likeness (QED) is 0.508. The number of oxime groups is 1. The predicted molar refractivity (Wildman–Crippen MR) is 132 cm³/mol. The van der Waals surface area contributed by atoms with Crippen molar-refractivity contribution < 1.29 is 22.8 Å². The Morgan fingerprint density at radius 1 is 0.714 bits per heavy atom. The molecule has 0 radical (unpaired) electrons. The van der Waals surface area contributed by atoms with Crippen LogP contribution >= 0.6 is 0 Å². The molecule has 0 saturated carbocycles. The van der Waals surface area contributed by atoms with E-state index in [2.05, 4.69) is 9.55 Å². The molecule has 0 heterocycles. The van der Waals surface area contributed by atoms with Crippen LogP contribution in [-0.2, 0) is 14.9 Å². The Morgan fingerprint density at radius 2 is 1.37 bits per heavy atom. The Morgan fingerprint density at radius 3 is 2.11 bits per heavy atom. The number of benzene rings is 3. The van der Waals surface area contributed by atoms with E-state index in [1.54, 1.807) is 54.6 Å². The number of Topliss-reactive ketones (excluding diaryl/α,β-unsaturated/α-hetero) is 2. The maximum absolute atomic E-state index is 13.0. The third kappa shape index (κ3) is 4.27. The fourth-order valence-electron chi connectivity index (χ4n) is 3.74. The number of fused-ring (bicyclic) bond motifs is 2. The summed E-state index contributed by atoms with van der Waals surface area (Å²) in [5, 5.41) is 3.90. The Labute approximate surface area is 201 Å². The highest BCUT2D eigenvalue weighted by molar-refractivity contribution is 7.90. The van der Waals surface area contributed by atoms with Crippen LogP contribution in [0.25, 0.3) is 6.08 Å². The van der Waals surface area contributed by atoms with Gasteiger partial charge in [-0.3, -0.25) is 9.59 Å². The van der Waals surface area contributed by atoms with E-state index in [0.29, 0.717) is 11.1 Å². The summed E-state index contributed by atoms with van der Waals surface area (Å²) in [6.45, 7) is 1.85. The number of ketones is 2. The van der Waals surface area contributed by atoms with Gasteiger partial charge in [-0.15, -0.1) is 0 Å². The molecule has 2 aliphatic rings. The summed E-state index contributed by atoms with van der Waals surface area (Å²) in [5.74, 6) is -1.08. The molecule has 35 heavy (non-hydrogen) atoms. The van der Waals surface area contributed by atoms with Gasteiger partial charge in [0.15, 0.2) is 5.71 Å². The molecule has 0 atom stereocenters. The minimum Gasteiger partial charge on any atom is -0.352 e. The van der Waals surface area contributed by atoms with Gasteiger partial charge in [-0.25, -0.2) is 0 Å². The van der Waals surface area contributed by atoms with E-state index < -0.39 is 15.8 Å². The SMILES string of the molecule is Cc1ccc(S(=O)(=O)N=C2C=C(ON=C3C=Cc4ccccc4C3=O)C(=O)c3ccccc32)cc1. The number of sulfonamides is 1.